The number of nitrogens with zero attached hydrogens (tertiary/aromatic N) is 1. The van der Waals surface area contributed by atoms with E-state index in [0.717, 1.165) is 25.4 Å². The third-order valence-corrected chi connectivity index (χ3v) is 5.29. The van der Waals surface area contributed by atoms with E-state index < -0.39 is 15.3 Å². The van der Waals surface area contributed by atoms with Crippen LogP contribution in [0.4, 0.5) is 0 Å². The number of rotatable bonds is 4. The quantitative estimate of drug-likeness (QED) is 0.807. The molecular formula is C14H12ClNO4S. The van der Waals surface area contributed by atoms with Crippen molar-refractivity contribution in [3.8, 4) is 11.3 Å². The Labute approximate surface area is 126 Å². The second kappa shape index (κ2) is 4.68. The molecule has 2 aromatic rings. The topological polar surface area (TPSA) is 77.2 Å². The normalized spacial score (nSPS) is 16.7. The van der Waals surface area contributed by atoms with Crippen LogP contribution in [0.3, 0.4) is 0 Å². The molecule has 0 bridgehead atoms. The largest absolute Gasteiger partial charge is 0.356 e. The molecule has 21 heavy (non-hydrogen) atoms. The van der Waals surface area contributed by atoms with Crippen LogP contribution in [-0.4, -0.2) is 26.1 Å². The van der Waals surface area contributed by atoms with Gasteiger partial charge in [0.2, 0.25) is 0 Å². The molecule has 1 aromatic carbocycles. The fourth-order valence-electron chi connectivity index (χ4n) is 2.32. The second-order valence-corrected chi connectivity index (χ2v) is 7.65. The first-order chi connectivity index (χ1) is 9.87. The standard InChI is InChI=1S/C14H12ClNO4S/c1-21(18,19)12-6-9(2-3-11(12)15)13-10(7-16-20-13)14(8-17)4-5-14/h2-3,6-8H,4-5H2,1H3. The zero-order valence-corrected chi connectivity index (χ0v) is 12.7. The summed E-state index contributed by atoms with van der Waals surface area (Å²) in [6.07, 6.45) is 5.00. The monoisotopic (exact) mass is 325 g/mol. The first-order valence-electron chi connectivity index (χ1n) is 6.29. The Morgan fingerprint density at radius 3 is 2.67 bits per heavy atom. The molecule has 0 amide bonds. The Morgan fingerprint density at radius 1 is 1.38 bits per heavy atom. The predicted octanol–water partition coefficient (Wildman–Crippen LogP) is 2.63. The number of halogens is 1. The molecule has 0 aliphatic heterocycles. The van der Waals surface area contributed by atoms with Crippen LogP contribution in [0.5, 0.6) is 0 Å². The van der Waals surface area contributed by atoms with Gasteiger partial charge in [0, 0.05) is 17.4 Å². The van der Waals surface area contributed by atoms with Gasteiger partial charge in [-0.05, 0) is 31.0 Å². The molecule has 0 saturated heterocycles. The van der Waals surface area contributed by atoms with Crippen molar-refractivity contribution in [1.29, 1.82) is 0 Å². The van der Waals surface area contributed by atoms with Gasteiger partial charge in [-0.3, -0.25) is 0 Å². The molecule has 5 nitrogen and oxygen atoms in total. The average molecular weight is 326 g/mol. The molecule has 1 aliphatic carbocycles. The summed E-state index contributed by atoms with van der Waals surface area (Å²) in [5, 5.41) is 3.90. The molecule has 110 valence electrons. The summed E-state index contributed by atoms with van der Waals surface area (Å²) in [6.45, 7) is 0. The maximum absolute atomic E-state index is 11.7. The number of aromatic nitrogens is 1. The summed E-state index contributed by atoms with van der Waals surface area (Å²) < 4.78 is 28.7. The molecule has 7 heteroatoms. The number of carbonyl (C=O) groups is 1. The Balaban J connectivity index is 2.15. The van der Waals surface area contributed by atoms with Crippen LogP contribution in [-0.2, 0) is 20.0 Å². The Hall–Kier alpha value is -1.66. The summed E-state index contributed by atoms with van der Waals surface area (Å²) in [4.78, 5) is 11.3. The lowest BCUT2D eigenvalue weighted by molar-refractivity contribution is -0.109. The molecule has 1 aromatic heterocycles. The first kappa shape index (κ1) is 14.3. The van der Waals surface area contributed by atoms with Gasteiger partial charge in [0.25, 0.3) is 0 Å². The van der Waals surface area contributed by atoms with E-state index in [1.165, 1.54) is 18.3 Å². The van der Waals surface area contributed by atoms with Crippen molar-refractivity contribution in [1.82, 2.24) is 5.16 Å². The molecule has 1 saturated carbocycles. The smallest absolute Gasteiger partial charge is 0.177 e. The third kappa shape index (κ3) is 2.38. The summed E-state index contributed by atoms with van der Waals surface area (Å²) in [5.74, 6) is 0.418. The minimum Gasteiger partial charge on any atom is -0.356 e. The SMILES string of the molecule is CS(=O)(=O)c1cc(-c2oncc2C2(C=O)CC2)ccc1Cl. The highest BCUT2D eigenvalue weighted by Gasteiger charge is 2.47. The van der Waals surface area contributed by atoms with Gasteiger partial charge in [0.05, 0.1) is 21.5 Å². The van der Waals surface area contributed by atoms with Crippen molar-refractivity contribution in [2.45, 2.75) is 23.2 Å². The van der Waals surface area contributed by atoms with Crippen molar-refractivity contribution in [2.75, 3.05) is 6.26 Å². The third-order valence-electron chi connectivity index (χ3n) is 3.71. The van der Waals surface area contributed by atoms with Gasteiger partial charge in [-0.1, -0.05) is 16.8 Å². The van der Waals surface area contributed by atoms with Crippen LogP contribution in [0.1, 0.15) is 18.4 Å². The lowest BCUT2D eigenvalue weighted by Crippen LogP contribution is -2.08. The number of hydrogen-bond acceptors (Lipinski definition) is 5. The molecular weight excluding hydrogens is 314 g/mol. The lowest BCUT2D eigenvalue weighted by atomic mass is 9.96. The van der Waals surface area contributed by atoms with Crippen LogP contribution < -0.4 is 0 Å². The van der Waals surface area contributed by atoms with E-state index in [0.29, 0.717) is 16.9 Å². The predicted molar refractivity (Wildman–Crippen MR) is 77.0 cm³/mol. The summed E-state index contributed by atoms with van der Waals surface area (Å²) in [6, 6.07) is 4.60. The van der Waals surface area contributed by atoms with Crippen molar-refractivity contribution < 1.29 is 17.7 Å². The van der Waals surface area contributed by atoms with Crippen LogP contribution in [0.25, 0.3) is 11.3 Å². The molecule has 0 unspecified atom stereocenters. The van der Waals surface area contributed by atoms with E-state index in [1.54, 1.807) is 6.07 Å². The highest BCUT2D eigenvalue weighted by molar-refractivity contribution is 7.90. The summed E-state index contributed by atoms with van der Waals surface area (Å²) >= 11 is 5.93. The van der Waals surface area contributed by atoms with Crippen LogP contribution >= 0.6 is 11.6 Å². The zero-order valence-electron chi connectivity index (χ0n) is 11.2. The van der Waals surface area contributed by atoms with Crippen LogP contribution in [0.15, 0.2) is 33.8 Å². The van der Waals surface area contributed by atoms with Crippen molar-refractivity contribution in [2.24, 2.45) is 0 Å². The second-order valence-electron chi connectivity index (χ2n) is 5.26. The molecule has 0 atom stereocenters. The highest BCUT2D eigenvalue weighted by atomic mass is 35.5. The van der Waals surface area contributed by atoms with Gasteiger partial charge in [-0.15, -0.1) is 0 Å². The summed E-state index contributed by atoms with van der Waals surface area (Å²) in [7, 11) is -3.45. The van der Waals surface area contributed by atoms with E-state index in [9.17, 15) is 13.2 Å². The number of benzene rings is 1. The van der Waals surface area contributed by atoms with Gasteiger partial charge < -0.3 is 9.32 Å². The Bertz CT molecular complexity index is 821. The van der Waals surface area contributed by atoms with Gasteiger partial charge in [0.1, 0.15) is 6.29 Å². The van der Waals surface area contributed by atoms with Crippen LogP contribution in [0, 0.1) is 0 Å². The molecule has 1 heterocycles. The van der Waals surface area contributed by atoms with E-state index in [2.05, 4.69) is 5.16 Å². The fraction of sp³-hybridized carbons (Fsp3) is 0.286. The zero-order chi connectivity index (χ0) is 15.3. The minimum absolute atomic E-state index is 0.0277. The van der Waals surface area contributed by atoms with Gasteiger partial charge >= 0.3 is 0 Å². The number of hydrogen-bond donors (Lipinski definition) is 0. The van der Waals surface area contributed by atoms with Crippen LogP contribution in [0.2, 0.25) is 5.02 Å². The van der Waals surface area contributed by atoms with E-state index in [1.807, 2.05) is 0 Å². The van der Waals surface area contributed by atoms with E-state index >= 15 is 0 Å². The maximum atomic E-state index is 11.7. The van der Waals surface area contributed by atoms with Gasteiger partial charge in [-0.2, -0.15) is 0 Å². The summed E-state index contributed by atoms with van der Waals surface area (Å²) in [5.41, 5.74) is 0.694. The Kier molecular flexibility index (Phi) is 3.18. The molecule has 3 rings (SSSR count). The number of aldehydes is 1. The first-order valence-corrected chi connectivity index (χ1v) is 8.56. The lowest BCUT2D eigenvalue weighted by Gasteiger charge is -2.08. The van der Waals surface area contributed by atoms with Gasteiger partial charge in [0.15, 0.2) is 15.6 Å². The van der Waals surface area contributed by atoms with E-state index in [-0.39, 0.29) is 9.92 Å². The molecule has 1 fully saturated rings. The number of carbonyl (C=O) groups excluding carboxylic acids is 1. The van der Waals surface area contributed by atoms with Crippen molar-refractivity contribution in [3.63, 3.8) is 0 Å². The molecule has 0 radical (unpaired) electrons. The molecule has 0 N–H and O–H groups in total. The minimum atomic E-state index is -3.45. The average Bonchev–Trinajstić information content (AvgIpc) is 3.07. The fourth-order valence-corrected chi connectivity index (χ4v) is 3.62. The van der Waals surface area contributed by atoms with Gasteiger partial charge in [-0.25, -0.2) is 8.42 Å². The van der Waals surface area contributed by atoms with E-state index in [4.69, 9.17) is 16.1 Å². The Morgan fingerprint density at radius 2 is 2.10 bits per heavy atom. The highest BCUT2D eigenvalue weighted by Crippen LogP contribution is 2.49. The molecule has 0 spiro atoms. The molecule has 1 aliphatic rings. The maximum Gasteiger partial charge on any atom is 0.177 e. The number of sulfone groups is 1. The van der Waals surface area contributed by atoms with Crippen molar-refractivity contribution >= 4 is 27.7 Å². The van der Waals surface area contributed by atoms with Crippen molar-refractivity contribution in [3.05, 3.63) is 35.0 Å².